The summed E-state index contributed by atoms with van der Waals surface area (Å²) in [5.74, 6) is -0.00109. The van der Waals surface area contributed by atoms with Gasteiger partial charge in [0.05, 0.1) is 13.2 Å². The van der Waals surface area contributed by atoms with E-state index in [-0.39, 0.29) is 11.8 Å². The fourth-order valence-electron chi connectivity index (χ4n) is 2.72. The lowest BCUT2D eigenvalue weighted by molar-refractivity contribution is -0.127. The van der Waals surface area contributed by atoms with Crippen LogP contribution in [0.5, 0.6) is 0 Å². The molecule has 0 saturated carbocycles. The first-order valence-corrected chi connectivity index (χ1v) is 9.32. The summed E-state index contributed by atoms with van der Waals surface area (Å²) in [7, 11) is -3.36. The number of nitrogens with zero attached hydrogens (tertiary/aromatic N) is 1. The van der Waals surface area contributed by atoms with Gasteiger partial charge in [-0.15, -0.1) is 0 Å². The summed E-state index contributed by atoms with van der Waals surface area (Å²) in [5, 5.41) is 0. The van der Waals surface area contributed by atoms with Crippen molar-refractivity contribution in [2.75, 3.05) is 26.3 Å². The monoisotopic (exact) mass is 305 g/mol. The number of likely N-dealkylation sites (tertiary alicyclic amines) is 1. The Morgan fingerprint density at radius 3 is 2.25 bits per heavy atom. The molecule has 0 aromatic rings. The van der Waals surface area contributed by atoms with Gasteiger partial charge >= 0.3 is 7.60 Å². The van der Waals surface area contributed by atoms with E-state index >= 15 is 0 Å². The topological polar surface area (TPSA) is 55.8 Å². The van der Waals surface area contributed by atoms with Crippen LogP contribution in [0.2, 0.25) is 0 Å². The van der Waals surface area contributed by atoms with E-state index in [0.29, 0.717) is 19.8 Å². The third-order valence-corrected chi connectivity index (χ3v) is 6.29. The van der Waals surface area contributed by atoms with Crippen molar-refractivity contribution in [3.8, 4) is 0 Å². The first-order chi connectivity index (χ1) is 9.53. The van der Waals surface area contributed by atoms with Gasteiger partial charge in [-0.3, -0.25) is 9.36 Å². The second-order valence-electron chi connectivity index (χ2n) is 5.13. The molecule has 20 heavy (non-hydrogen) atoms. The standard InChI is InChI=1S/C14H28NO4P/c1-5-9-10-15-11-12(6-2)13(14(15)16)20(17,18-7-3)19-8-4/h12-13H,5-11H2,1-4H3/t12?,13-/m1/s1. The van der Waals surface area contributed by atoms with Gasteiger partial charge in [0.1, 0.15) is 5.66 Å². The first-order valence-electron chi connectivity index (χ1n) is 7.71. The Hall–Kier alpha value is -0.380. The highest BCUT2D eigenvalue weighted by Gasteiger charge is 2.51. The van der Waals surface area contributed by atoms with Crippen LogP contribution in [0.1, 0.15) is 47.0 Å². The quantitative estimate of drug-likeness (QED) is 0.613. The van der Waals surface area contributed by atoms with Crippen molar-refractivity contribution in [3.05, 3.63) is 0 Å². The Labute approximate surface area is 122 Å². The minimum atomic E-state index is -3.36. The molecule has 0 aliphatic carbocycles. The van der Waals surface area contributed by atoms with Crippen LogP contribution in [0.4, 0.5) is 0 Å². The molecule has 1 saturated heterocycles. The maximum atomic E-state index is 12.9. The minimum Gasteiger partial charge on any atom is -0.342 e. The first kappa shape index (κ1) is 17.7. The lowest BCUT2D eigenvalue weighted by Gasteiger charge is -2.25. The number of rotatable bonds is 9. The van der Waals surface area contributed by atoms with E-state index < -0.39 is 13.3 Å². The van der Waals surface area contributed by atoms with Crippen LogP contribution in [0, 0.1) is 5.92 Å². The van der Waals surface area contributed by atoms with Crippen molar-refractivity contribution in [2.24, 2.45) is 5.92 Å². The third-order valence-electron chi connectivity index (χ3n) is 3.73. The Kier molecular flexibility index (Phi) is 7.21. The molecule has 0 aromatic heterocycles. The molecule has 118 valence electrons. The van der Waals surface area contributed by atoms with Crippen LogP contribution < -0.4 is 0 Å². The molecule has 6 heteroatoms. The highest BCUT2D eigenvalue weighted by Crippen LogP contribution is 2.58. The normalized spacial score (nSPS) is 23.6. The second-order valence-corrected chi connectivity index (χ2v) is 7.28. The predicted molar refractivity (Wildman–Crippen MR) is 79.9 cm³/mol. The van der Waals surface area contributed by atoms with Gasteiger partial charge in [0, 0.05) is 13.1 Å². The average Bonchev–Trinajstić information content (AvgIpc) is 2.74. The summed E-state index contributed by atoms with van der Waals surface area (Å²) < 4.78 is 23.7. The van der Waals surface area contributed by atoms with Crippen molar-refractivity contribution in [1.82, 2.24) is 4.90 Å². The average molecular weight is 305 g/mol. The number of unbranched alkanes of at least 4 members (excludes halogenated alkanes) is 1. The maximum Gasteiger partial charge on any atom is 0.343 e. The fraction of sp³-hybridized carbons (Fsp3) is 0.929. The van der Waals surface area contributed by atoms with Gasteiger partial charge < -0.3 is 13.9 Å². The largest absolute Gasteiger partial charge is 0.343 e. The Bertz CT molecular complexity index is 351. The SMILES string of the molecule is CCCCN1CC(CC)[C@@H](P(=O)(OCC)OCC)C1=O. The smallest absolute Gasteiger partial charge is 0.342 e. The summed E-state index contributed by atoms with van der Waals surface area (Å²) in [6.45, 7) is 9.68. The third kappa shape index (κ3) is 3.84. The molecular weight excluding hydrogens is 277 g/mol. The van der Waals surface area contributed by atoms with Gasteiger partial charge in [0.2, 0.25) is 5.91 Å². The lowest BCUT2D eigenvalue weighted by atomic mass is 10.1. The van der Waals surface area contributed by atoms with Crippen LogP contribution in [0.25, 0.3) is 0 Å². The summed E-state index contributed by atoms with van der Waals surface area (Å²) in [4.78, 5) is 14.4. The van der Waals surface area contributed by atoms with Crippen LogP contribution in [0.3, 0.4) is 0 Å². The van der Waals surface area contributed by atoms with E-state index in [9.17, 15) is 9.36 Å². The Balaban J connectivity index is 2.93. The Morgan fingerprint density at radius 1 is 1.20 bits per heavy atom. The van der Waals surface area contributed by atoms with E-state index in [2.05, 4.69) is 6.92 Å². The van der Waals surface area contributed by atoms with Crippen LogP contribution in [-0.4, -0.2) is 42.8 Å². The molecule has 0 spiro atoms. The number of carbonyl (C=O) groups is 1. The molecular formula is C14H28NO4P. The fourth-order valence-corrected chi connectivity index (χ4v) is 5.09. The Morgan fingerprint density at radius 2 is 1.80 bits per heavy atom. The molecule has 0 bridgehead atoms. The van der Waals surface area contributed by atoms with Crippen molar-refractivity contribution >= 4 is 13.5 Å². The van der Waals surface area contributed by atoms with Gasteiger partial charge in [-0.25, -0.2) is 0 Å². The van der Waals surface area contributed by atoms with E-state index in [0.717, 1.165) is 25.8 Å². The number of hydrogen-bond acceptors (Lipinski definition) is 4. The second kappa shape index (κ2) is 8.16. The van der Waals surface area contributed by atoms with Crippen molar-refractivity contribution in [3.63, 3.8) is 0 Å². The van der Waals surface area contributed by atoms with Gasteiger partial charge in [0.15, 0.2) is 0 Å². The molecule has 0 N–H and O–H groups in total. The van der Waals surface area contributed by atoms with Crippen LogP contribution >= 0.6 is 7.60 Å². The molecule has 1 fully saturated rings. The summed E-state index contributed by atoms with van der Waals surface area (Å²) >= 11 is 0. The summed E-state index contributed by atoms with van der Waals surface area (Å²) in [5.41, 5.74) is -0.621. The molecule has 0 radical (unpaired) electrons. The summed E-state index contributed by atoms with van der Waals surface area (Å²) in [6, 6.07) is 0. The van der Waals surface area contributed by atoms with Crippen LogP contribution in [0.15, 0.2) is 0 Å². The molecule has 0 aromatic carbocycles. The zero-order chi connectivity index (χ0) is 15.2. The molecule has 1 rings (SSSR count). The number of hydrogen-bond donors (Lipinski definition) is 0. The molecule has 1 unspecified atom stereocenters. The zero-order valence-electron chi connectivity index (χ0n) is 13.1. The highest BCUT2D eigenvalue weighted by molar-refractivity contribution is 7.55. The van der Waals surface area contributed by atoms with Gasteiger partial charge in [-0.05, 0) is 26.2 Å². The number of carbonyl (C=O) groups excluding carboxylic acids is 1. The lowest BCUT2D eigenvalue weighted by Crippen LogP contribution is -2.31. The zero-order valence-corrected chi connectivity index (χ0v) is 14.0. The molecule has 1 aliphatic rings. The summed E-state index contributed by atoms with van der Waals surface area (Å²) in [6.07, 6.45) is 2.82. The van der Waals surface area contributed by atoms with Crippen molar-refractivity contribution in [2.45, 2.75) is 52.6 Å². The molecule has 5 nitrogen and oxygen atoms in total. The highest BCUT2D eigenvalue weighted by atomic mass is 31.2. The minimum absolute atomic E-state index is 0.0586. The van der Waals surface area contributed by atoms with Crippen molar-refractivity contribution < 1.29 is 18.4 Å². The molecule has 1 amide bonds. The molecule has 2 atom stereocenters. The number of amides is 1. The van der Waals surface area contributed by atoms with Gasteiger partial charge in [0.25, 0.3) is 0 Å². The van der Waals surface area contributed by atoms with Crippen LogP contribution in [-0.2, 0) is 18.4 Å². The van der Waals surface area contributed by atoms with Gasteiger partial charge in [-0.2, -0.15) is 0 Å². The maximum absolute atomic E-state index is 12.9. The van der Waals surface area contributed by atoms with E-state index in [1.54, 1.807) is 13.8 Å². The molecule has 1 aliphatic heterocycles. The molecule has 1 heterocycles. The van der Waals surface area contributed by atoms with E-state index in [4.69, 9.17) is 9.05 Å². The van der Waals surface area contributed by atoms with Gasteiger partial charge in [-0.1, -0.05) is 26.7 Å². The van der Waals surface area contributed by atoms with Crippen molar-refractivity contribution in [1.29, 1.82) is 0 Å². The van der Waals surface area contributed by atoms with E-state index in [1.807, 2.05) is 11.8 Å². The predicted octanol–water partition coefficient (Wildman–Crippen LogP) is 3.29. The van der Waals surface area contributed by atoms with E-state index in [1.165, 1.54) is 0 Å².